The van der Waals surface area contributed by atoms with Crippen molar-refractivity contribution in [2.45, 2.75) is 25.2 Å². The van der Waals surface area contributed by atoms with Gasteiger partial charge in [0.25, 0.3) is 0 Å². The molecule has 1 spiro atoms. The molecule has 2 atom stereocenters. The lowest BCUT2D eigenvalue weighted by molar-refractivity contribution is 0.0658. The first-order valence-corrected chi connectivity index (χ1v) is 11.5. The highest BCUT2D eigenvalue weighted by Crippen LogP contribution is 2.61. The number of nitrogens with zero attached hydrogens (tertiary/aromatic N) is 1. The summed E-state index contributed by atoms with van der Waals surface area (Å²) < 4.78 is 16.7. The number of allylic oxidation sites excluding steroid dienone is 4. The van der Waals surface area contributed by atoms with Crippen molar-refractivity contribution in [3.63, 3.8) is 0 Å². The van der Waals surface area contributed by atoms with Gasteiger partial charge in [0.2, 0.25) is 5.75 Å². The minimum atomic E-state index is -1.72. The maximum absolute atomic E-state index is 14.2. The summed E-state index contributed by atoms with van der Waals surface area (Å²) in [6.45, 7) is 0. The molecule has 0 aliphatic heterocycles. The molecular formula is C28H26N2O5. The van der Waals surface area contributed by atoms with Crippen LogP contribution < -0.4 is 19.9 Å². The van der Waals surface area contributed by atoms with Gasteiger partial charge in [0, 0.05) is 22.7 Å². The first-order valence-electron chi connectivity index (χ1n) is 11.5. The summed E-state index contributed by atoms with van der Waals surface area (Å²) in [7, 11) is 4.56. The standard InChI is InChI=1S/C28H26N2O5/c1-33-21-12-15(13-22(34-2)24(21)35-3)23-17-9-5-4-8-16(17)20(14-29)25(30)28(23)26(31)18-10-6-7-11-19(18)27(28)32/h6-8,10-13,17,23H,4-5,9,30H2,1-3H3. The van der Waals surface area contributed by atoms with Gasteiger partial charge in [-0.1, -0.05) is 30.3 Å². The Morgan fingerprint density at radius 1 is 1.00 bits per heavy atom. The van der Waals surface area contributed by atoms with Gasteiger partial charge in [0.15, 0.2) is 23.1 Å². The van der Waals surface area contributed by atoms with Gasteiger partial charge in [-0.05, 0) is 48.4 Å². The number of ether oxygens (including phenoxy) is 3. The monoisotopic (exact) mass is 470 g/mol. The minimum Gasteiger partial charge on any atom is -0.493 e. The van der Waals surface area contributed by atoms with Crippen LogP contribution in [-0.4, -0.2) is 32.9 Å². The molecular weight excluding hydrogens is 444 g/mol. The van der Waals surface area contributed by atoms with Gasteiger partial charge in [0.05, 0.1) is 26.9 Å². The molecule has 0 bridgehead atoms. The number of fused-ring (bicyclic) bond motifs is 2. The van der Waals surface area contributed by atoms with E-state index in [1.807, 2.05) is 6.08 Å². The lowest BCUT2D eigenvalue weighted by atomic mass is 9.54. The molecule has 3 aliphatic carbocycles. The van der Waals surface area contributed by atoms with E-state index in [1.165, 1.54) is 21.3 Å². The molecule has 2 aromatic rings. The molecule has 3 aliphatic rings. The quantitative estimate of drug-likeness (QED) is 0.662. The summed E-state index contributed by atoms with van der Waals surface area (Å²) in [5.41, 5.74) is 7.39. The number of rotatable bonds is 4. The summed E-state index contributed by atoms with van der Waals surface area (Å²) in [6, 6.07) is 12.6. The number of nitrogens with two attached hydrogens (primary N) is 1. The summed E-state index contributed by atoms with van der Waals surface area (Å²) in [5, 5.41) is 10.1. The fraction of sp³-hybridized carbons (Fsp3) is 0.321. The van der Waals surface area contributed by atoms with Gasteiger partial charge >= 0.3 is 0 Å². The van der Waals surface area contributed by atoms with Crippen molar-refractivity contribution >= 4 is 11.6 Å². The number of Topliss-reactive ketones (excluding diaryl/α,β-unsaturated/α-hetero) is 2. The Hall–Kier alpha value is -4.05. The molecule has 2 unspecified atom stereocenters. The van der Waals surface area contributed by atoms with Crippen LogP contribution in [-0.2, 0) is 0 Å². The molecule has 0 heterocycles. The van der Waals surface area contributed by atoms with Gasteiger partial charge in [0.1, 0.15) is 11.5 Å². The Morgan fingerprint density at radius 3 is 2.11 bits per heavy atom. The molecule has 0 aromatic heterocycles. The highest BCUT2D eigenvalue weighted by molar-refractivity contribution is 6.32. The predicted molar refractivity (Wildman–Crippen MR) is 129 cm³/mol. The zero-order valence-corrected chi connectivity index (χ0v) is 19.9. The number of carbonyl (C=O) groups excluding carboxylic acids is 2. The topological polar surface area (TPSA) is 112 Å². The molecule has 5 rings (SSSR count). The van der Waals surface area contributed by atoms with Gasteiger partial charge in [-0.3, -0.25) is 9.59 Å². The van der Waals surface area contributed by atoms with Crippen molar-refractivity contribution < 1.29 is 23.8 Å². The summed E-state index contributed by atoms with van der Waals surface area (Å²) >= 11 is 0. The predicted octanol–water partition coefficient (Wildman–Crippen LogP) is 4.34. The molecule has 178 valence electrons. The van der Waals surface area contributed by atoms with Crippen LogP contribution in [0.2, 0.25) is 0 Å². The second kappa shape index (κ2) is 8.31. The third-order valence-electron chi connectivity index (χ3n) is 7.63. The van der Waals surface area contributed by atoms with E-state index in [0.29, 0.717) is 40.4 Å². The smallest absolute Gasteiger partial charge is 0.203 e. The third kappa shape index (κ3) is 2.89. The van der Waals surface area contributed by atoms with Crippen LogP contribution in [0.5, 0.6) is 17.2 Å². The Morgan fingerprint density at radius 2 is 1.60 bits per heavy atom. The van der Waals surface area contributed by atoms with Crippen LogP contribution >= 0.6 is 0 Å². The summed E-state index contributed by atoms with van der Waals surface area (Å²) in [4.78, 5) is 28.4. The van der Waals surface area contributed by atoms with Crippen molar-refractivity contribution in [1.29, 1.82) is 5.26 Å². The lowest BCUT2D eigenvalue weighted by Crippen LogP contribution is -2.51. The number of hydrogen-bond donors (Lipinski definition) is 1. The molecule has 7 nitrogen and oxygen atoms in total. The highest BCUT2D eigenvalue weighted by Gasteiger charge is 2.64. The third-order valence-corrected chi connectivity index (χ3v) is 7.63. The van der Waals surface area contributed by atoms with Crippen LogP contribution in [0.25, 0.3) is 0 Å². The van der Waals surface area contributed by atoms with E-state index in [2.05, 4.69) is 6.07 Å². The van der Waals surface area contributed by atoms with E-state index < -0.39 is 11.3 Å². The van der Waals surface area contributed by atoms with Gasteiger partial charge < -0.3 is 19.9 Å². The maximum Gasteiger partial charge on any atom is 0.203 e. The molecule has 2 aromatic carbocycles. The van der Waals surface area contributed by atoms with Gasteiger partial charge in [-0.25, -0.2) is 0 Å². The molecule has 0 radical (unpaired) electrons. The van der Waals surface area contributed by atoms with Crippen molar-refractivity contribution in [1.82, 2.24) is 0 Å². The number of carbonyl (C=O) groups is 2. The molecule has 2 N–H and O–H groups in total. The number of benzene rings is 2. The first kappa shape index (κ1) is 22.7. The molecule has 35 heavy (non-hydrogen) atoms. The van der Waals surface area contributed by atoms with Gasteiger partial charge in [-0.15, -0.1) is 0 Å². The van der Waals surface area contributed by atoms with E-state index in [-0.39, 0.29) is 28.8 Å². The number of ketones is 2. The molecule has 0 amide bonds. The highest BCUT2D eigenvalue weighted by atomic mass is 16.5. The van der Waals surface area contributed by atoms with Crippen molar-refractivity contribution in [3.05, 3.63) is 76.0 Å². The van der Waals surface area contributed by atoms with Crippen LogP contribution in [0, 0.1) is 22.7 Å². The number of hydrogen-bond acceptors (Lipinski definition) is 7. The van der Waals surface area contributed by atoms with Crippen LogP contribution in [0.4, 0.5) is 0 Å². The average Bonchev–Trinajstić information content (AvgIpc) is 3.11. The minimum absolute atomic E-state index is 0.0225. The van der Waals surface area contributed by atoms with Crippen molar-refractivity contribution in [2.24, 2.45) is 17.1 Å². The first-order chi connectivity index (χ1) is 16.9. The molecule has 0 fully saturated rings. The normalized spacial score (nSPS) is 22.3. The van der Waals surface area contributed by atoms with Crippen molar-refractivity contribution in [3.8, 4) is 23.3 Å². The zero-order chi connectivity index (χ0) is 24.9. The molecule has 7 heteroatoms. The summed E-state index contributed by atoms with van der Waals surface area (Å²) in [6.07, 6.45) is 4.42. The molecule has 0 saturated heterocycles. The van der Waals surface area contributed by atoms with Crippen LogP contribution in [0.3, 0.4) is 0 Å². The lowest BCUT2D eigenvalue weighted by Gasteiger charge is -2.46. The average molecular weight is 471 g/mol. The largest absolute Gasteiger partial charge is 0.493 e. The summed E-state index contributed by atoms with van der Waals surface area (Å²) in [5.74, 6) is -0.386. The van der Waals surface area contributed by atoms with E-state index in [0.717, 1.165) is 18.4 Å². The van der Waals surface area contributed by atoms with E-state index >= 15 is 0 Å². The second-order valence-corrected chi connectivity index (χ2v) is 9.05. The second-order valence-electron chi connectivity index (χ2n) is 9.05. The number of nitriles is 1. The fourth-order valence-corrected chi connectivity index (χ4v) is 6.18. The fourth-order valence-electron chi connectivity index (χ4n) is 6.18. The Bertz CT molecular complexity index is 1300. The number of methoxy groups -OCH3 is 3. The van der Waals surface area contributed by atoms with Crippen LogP contribution in [0.1, 0.15) is 51.5 Å². The Kier molecular flexibility index (Phi) is 5.40. The van der Waals surface area contributed by atoms with E-state index in [9.17, 15) is 14.9 Å². The SMILES string of the molecule is COc1cc(C2C3CCCC=C3C(C#N)=C(N)C23C(=O)c2ccccc2C3=O)cc(OC)c1OC. The Labute approximate surface area is 203 Å². The Balaban J connectivity index is 1.88. The van der Waals surface area contributed by atoms with Crippen molar-refractivity contribution in [2.75, 3.05) is 21.3 Å². The van der Waals surface area contributed by atoms with Crippen LogP contribution in [0.15, 0.2) is 59.3 Å². The maximum atomic E-state index is 14.2. The van der Waals surface area contributed by atoms with E-state index in [1.54, 1.807) is 36.4 Å². The zero-order valence-electron chi connectivity index (χ0n) is 19.9. The van der Waals surface area contributed by atoms with E-state index in [4.69, 9.17) is 19.9 Å². The van der Waals surface area contributed by atoms with Gasteiger partial charge in [-0.2, -0.15) is 5.26 Å². The molecule has 0 saturated carbocycles.